The van der Waals surface area contributed by atoms with Crippen LogP contribution in [0.2, 0.25) is 5.02 Å². The molecular formula is C16H15BrClNO3. The van der Waals surface area contributed by atoms with Gasteiger partial charge in [0.2, 0.25) is 0 Å². The Labute approximate surface area is 142 Å². The highest BCUT2D eigenvalue weighted by molar-refractivity contribution is 9.10. The molecule has 0 aliphatic heterocycles. The van der Waals surface area contributed by atoms with Crippen molar-refractivity contribution in [1.29, 1.82) is 0 Å². The molecule has 0 radical (unpaired) electrons. The van der Waals surface area contributed by atoms with E-state index in [2.05, 4.69) is 15.9 Å². The summed E-state index contributed by atoms with van der Waals surface area (Å²) in [5, 5.41) is 8.22. The van der Waals surface area contributed by atoms with Gasteiger partial charge in [-0.25, -0.2) is 0 Å². The minimum absolute atomic E-state index is 0.127. The number of carbonyl (C=O) groups excluding carboxylic acids is 1. The summed E-state index contributed by atoms with van der Waals surface area (Å²) in [7, 11) is 0. The van der Waals surface area contributed by atoms with Crippen molar-refractivity contribution in [3.05, 3.63) is 63.1 Å². The van der Waals surface area contributed by atoms with E-state index in [4.69, 9.17) is 22.4 Å². The number of nitrogens with two attached hydrogens (primary N) is 1. The zero-order chi connectivity index (χ0) is 16.7. The second-order valence-electron chi connectivity index (χ2n) is 4.31. The van der Waals surface area contributed by atoms with Crippen LogP contribution in [0.4, 0.5) is 5.69 Å². The molecule has 0 spiro atoms. The molecule has 2 aromatic carbocycles. The lowest BCUT2D eigenvalue weighted by molar-refractivity contribution is -0.136. The van der Waals surface area contributed by atoms with Crippen LogP contribution in [0.3, 0.4) is 0 Å². The Balaban J connectivity index is 0.000000422. The van der Waals surface area contributed by atoms with Crippen LogP contribution in [-0.2, 0) is 4.79 Å². The SMILES string of the molecule is CCC(=O)O.Nc1ccc(Cl)cc1C(=O)c1ccc(Br)cc1. The first-order valence-electron chi connectivity index (χ1n) is 6.42. The van der Waals surface area contributed by atoms with Crippen LogP contribution in [-0.4, -0.2) is 16.9 Å². The van der Waals surface area contributed by atoms with Crippen molar-refractivity contribution < 1.29 is 14.7 Å². The highest BCUT2D eigenvalue weighted by atomic mass is 79.9. The number of rotatable bonds is 3. The highest BCUT2D eigenvalue weighted by Crippen LogP contribution is 2.22. The number of carbonyl (C=O) groups is 2. The fourth-order valence-corrected chi connectivity index (χ4v) is 1.92. The number of benzene rings is 2. The number of hydrogen-bond donors (Lipinski definition) is 2. The van der Waals surface area contributed by atoms with Crippen LogP contribution in [0.5, 0.6) is 0 Å². The van der Waals surface area contributed by atoms with Crippen LogP contribution < -0.4 is 5.73 Å². The Morgan fingerprint density at radius 1 is 1.18 bits per heavy atom. The molecular weight excluding hydrogens is 370 g/mol. The largest absolute Gasteiger partial charge is 0.481 e. The minimum atomic E-state index is -0.745. The molecule has 0 aromatic heterocycles. The van der Waals surface area contributed by atoms with E-state index in [1.165, 1.54) is 0 Å². The third kappa shape index (κ3) is 5.50. The Bertz CT molecular complexity index is 672. The summed E-state index contributed by atoms with van der Waals surface area (Å²) < 4.78 is 0.924. The normalized spacial score (nSPS) is 9.59. The molecule has 0 saturated carbocycles. The smallest absolute Gasteiger partial charge is 0.303 e. The number of hydrogen-bond acceptors (Lipinski definition) is 3. The van der Waals surface area contributed by atoms with Crippen molar-refractivity contribution in [3.8, 4) is 0 Å². The molecule has 0 heterocycles. The predicted molar refractivity (Wildman–Crippen MR) is 91.4 cm³/mol. The third-order valence-electron chi connectivity index (χ3n) is 2.67. The van der Waals surface area contributed by atoms with Gasteiger partial charge in [-0.2, -0.15) is 0 Å². The minimum Gasteiger partial charge on any atom is -0.481 e. The van der Waals surface area contributed by atoms with Crippen molar-refractivity contribution >= 4 is 45.0 Å². The first-order valence-corrected chi connectivity index (χ1v) is 7.59. The molecule has 3 N–H and O–H groups in total. The molecule has 0 atom stereocenters. The quantitative estimate of drug-likeness (QED) is 0.607. The van der Waals surface area contributed by atoms with Gasteiger partial charge in [0.25, 0.3) is 0 Å². The summed E-state index contributed by atoms with van der Waals surface area (Å²) in [5.41, 5.74) is 7.22. The van der Waals surface area contributed by atoms with Gasteiger partial charge in [-0.1, -0.05) is 34.5 Å². The van der Waals surface area contributed by atoms with Crippen molar-refractivity contribution in [2.24, 2.45) is 0 Å². The maximum Gasteiger partial charge on any atom is 0.303 e. The Morgan fingerprint density at radius 3 is 2.23 bits per heavy atom. The van der Waals surface area contributed by atoms with Crippen LogP contribution in [0.25, 0.3) is 0 Å². The van der Waals surface area contributed by atoms with Crippen LogP contribution in [0.1, 0.15) is 29.3 Å². The zero-order valence-electron chi connectivity index (χ0n) is 11.8. The Morgan fingerprint density at radius 2 is 1.73 bits per heavy atom. The van der Waals surface area contributed by atoms with Crippen molar-refractivity contribution in [3.63, 3.8) is 0 Å². The maximum absolute atomic E-state index is 12.2. The summed E-state index contributed by atoms with van der Waals surface area (Å²) in [5.74, 6) is -0.873. The van der Waals surface area contributed by atoms with Crippen LogP contribution in [0.15, 0.2) is 46.9 Å². The lowest BCUT2D eigenvalue weighted by Crippen LogP contribution is -2.05. The number of aliphatic carboxylic acids is 1. The molecule has 0 aliphatic carbocycles. The van der Waals surface area contributed by atoms with Gasteiger partial charge in [0, 0.05) is 32.7 Å². The van der Waals surface area contributed by atoms with Gasteiger partial charge in [0.15, 0.2) is 5.78 Å². The van der Waals surface area contributed by atoms with Gasteiger partial charge in [-0.3, -0.25) is 9.59 Å². The summed E-state index contributed by atoms with van der Waals surface area (Å²) in [6, 6.07) is 12.0. The second-order valence-corrected chi connectivity index (χ2v) is 5.67. The molecule has 0 fully saturated rings. The molecule has 0 aliphatic rings. The van der Waals surface area contributed by atoms with Gasteiger partial charge in [0.1, 0.15) is 0 Å². The van der Waals surface area contributed by atoms with Gasteiger partial charge >= 0.3 is 5.97 Å². The van der Waals surface area contributed by atoms with E-state index in [0.29, 0.717) is 21.8 Å². The monoisotopic (exact) mass is 383 g/mol. The van der Waals surface area contributed by atoms with E-state index in [1.807, 2.05) is 12.1 Å². The topological polar surface area (TPSA) is 80.4 Å². The standard InChI is InChI=1S/C13H9BrClNO.C3H6O2/c14-9-3-1-8(2-4-9)13(17)11-7-10(15)5-6-12(11)16;1-2-3(4)5/h1-7H,16H2;2H2,1H3,(H,4,5). The molecule has 0 bridgehead atoms. The van der Waals surface area contributed by atoms with Crippen LogP contribution >= 0.6 is 27.5 Å². The Hall–Kier alpha value is -1.85. The summed E-state index contributed by atoms with van der Waals surface area (Å²) >= 11 is 9.18. The van der Waals surface area contributed by atoms with Crippen molar-refractivity contribution in [1.82, 2.24) is 0 Å². The fourth-order valence-electron chi connectivity index (χ4n) is 1.48. The molecule has 2 aromatic rings. The van der Waals surface area contributed by atoms with E-state index in [9.17, 15) is 9.59 Å². The number of carboxylic acid groups (broad SMARTS) is 1. The molecule has 4 nitrogen and oxygen atoms in total. The molecule has 116 valence electrons. The van der Waals surface area contributed by atoms with E-state index in [1.54, 1.807) is 37.3 Å². The highest BCUT2D eigenvalue weighted by Gasteiger charge is 2.12. The predicted octanol–water partition coefficient (Wildman–Crippen LogP) is 4.40. The summed E-state index contributed by atoms with van der Waals surface area (Å²) in [6.07, 6.45) is 0.222. The second kappa shape index (κ2) is 8.56. The van der Waals surface area contributed by atoms with Crippen molar-refractivity contribution in [2.45, 2.75) is 13.3 Å². The van der Waals surface area contributed by atoms with E-state index in [-0.39, 0.29) is 12.2 Å². The third-order valence-corrected chi connectivity index (χ3v) is 3.43. The molecule has 6 heteroatoms. The molecule has 2 rings (SSSR count). The molecule has 22 heavy (non-hydrogen) atoms. The number of ketones is 1. The van der Waals surface area contributed by atoms with Gasteiger partial charge in [0.05, 0.1) is 0 Å². The van der Waals surface area contributed by atoms with Gasteiger partial charge in [-0.05, 0) is 42.5 Å². The molecule has 0 unspecified atom stereocenters. The number of halogens is 2. The number of carboxylic acids is 1. The fraction of sp³-hybridized carbons (Fsp3) is 0.125. The average Bonchev–Trinajstić information content (AvgIpc) is 2.50. The van der Waals surface area contributed by atoms with Crippen LogP contribution in [0, 0.1) is 0 Å². The zero-order valence-corrected chi connectivity index (χ0v) is 14.2. The lowest BCUT2D eigenvalue weighted by Gasteiger charge is -2.05. The first-order chi connectivity index (χ1) is 10.3. The van der Waals surface area contributed by atoms with E-state index < -0.39 is 5.97 Å². The molecule has 0 saturated heterocycles. The maximum atomic E-state index is 12.2. The lowest BCUT2D eigenvalue weighted by atomic mass is 10.0. The van der Waals surface area contributed by atoms with E-state index in [0.717, 1.165) is 4.47 Å². The summed E-state index contributed by atoms with van der Waals surface area (Å²) in [4.78, 5) is 21.5. The summed E-state index contributed by atoms with van der Waals surface area (Å²) in [6.45, 7) is 1.60. The molecule has 0 amide bonds. The number of nitrogen functional groups attached to an aromatic ring is 1. The van der Waals surface area contributed by atoms with Crippen molar-refractivity contribution in [2.75, 3.05) is 5.73 Å². The Kier molecular flexibility index (Phi) is 7.08. The van der Waals surface area contributed by atoms with E-state index >= 15 is 0 Å². The van der Waals surface area contributed by atoms with Gasteiger partial charge in [-0.15, -0.1) is 0 Å². The first kappa shape index (κ1) is 18.2. The number of anilines is 1. The average molecular weight is 385 g/mol. The van der Waals surface area contributed by atoms with Gasteiger partial charge < -0.3 is 10.8 Å².